The second-order valence-corrected chi connectivity index (χ2v) is 9.72. The number of aliphatic carboxylic acids is 1. The summed E-state index contributed by atoms with van der Waals surface area (Å²) in [7, 11) is 0. The zero-order valence-corrected chi connectivity index (χ0v) is 20.2. The average Bonchev–Trinajstić information content (AvgIpc) is 3.45. The lowest BCUT2D eigenvalue weighted by molar-refractivity contribution is -0.138. The Kier molecular flexibility index (Phi) is 7.73. The Balaban J connectivity index is 1.36. The molecule has 35 heavy (non-hydrogen) atoms. The van der Waals surface area contributed by atoms with E-state index >= 15 is 0 Å². The number of fused-ring (bicyclic) bond motifs is 3. The van der Waals surface area contributed by atoms with Crippen molar-refractivity contribution in [2.24, 2.45) is 5.41 Å². The Bertz CT molecular complexity index is 1030. The summed E-state index contributed by atoms with van der Waals surface area (Å²) in [6.45, 7) is 2.36. The maximum absolute atomic E-state index is 13.2. The number of hydrogen-bond donors (Lipinski definition) is 3. The maximum Gasteiger partial charge on any atom is 0.407 e. The molecule has 1 fully saturated rings. The molecule has 0 heterocycles. The minimum Gasteiger partial charge on any atom is -0.481 e. The van der Waals surface area contributed by atoms with Crippen LogP contribution in [0.1, 0.15) is 68.9 Å². The van der Waals surface area contributed by atoms with Crippen LogP contribution in [0.5, 0.6) is 0 Å². The molecular weight excluding hydrogens is 444 g/mol. The number of ether oxygens (including phenoxy) is 1. The summed E-state index contributed by atoms with van der Waals surface area (Å²) in [5.41, 5.74) is 3.90. The summed E-state index contributed by atoms with van der Waals surface area (Å²) in [6, 6.07) is 15.9. The number of carbonyl (C=O) groups excluding carboxylic acids is 2. The van der Waals surface area contributed by atoms with Crippen LogP contribution in [0, 0.1) is 5.41 Å². The van der Waals surface area contributed by atoms with Crippen molar-refractivity contribution in [1.29, 1.82) is 0 Å². The first-order chi connectivity index (χ1) is 16.9. The fraction of sp³-hybridized carbons (Fsp3) is 0.464. The van der Waals surface area contributed by atoms with Gasteiger partial charge in [-0.3, -0.25) is 9.59 Å². The van der Waals surface area contributed by atoms with Gasteiger partial charge in [0.1, 0.15) is 6.61 Å². The van der Waals surface area contributed by atoms with E-state index in [0.717, 1.165) is 30.4 Å². The quantitative estimate of drug-likeness (QED) is 0.453. The molecule has 7 nitrogen and oxygen atoms in total. The van der Waals surface area contributed by atoms with Crippen LogP contribution in [0.15, 0.2) is 48.5 Å². The van der Waals surface area contributed by atoms with Gasteiger partial charge in [0.05, 0.1) is 11.8 Å². The number of rotatable bonds is 10. The smallest absolute Gasteiger partial charge is 0.407 e. The topological polar surface area (TPSA) is 105 Å². The first-order valence-corrected chi connectivity index (χ1v) is 12.5. The monoisotopic (exact) mass is 478 g/mol. The van der Waals surface area contributed by atoms with Crippen LogP contribution >= 0.6 is 0 Å². The SMILES string of the molecule is CCC[C@@H](CC(=O)O)NC(=O)C1(CNC(=O)OCC2c3ccccc3-c3ccccc32)CCCC1. The molecule has 2 aromatic carbocycles. The molecule has 0 aliphatic heterocycles. The zero-order valence-electron chi connectivity index (χ0n) is 20.2. The molecule has 0 radical (unpaired) electrons. The molecule has 0 spiro atoms. The van der Waals surface area contributed by atoms with E-state index in [0.29, 0.717) is 19.3 Å². The first kappa shape index (κ1) is 24.8. The molecule has 1 saturated carbocycles. The molecular formula is C28H34N2O5. The third-order valence-corrected chi connectivity index (χ3v) is 7.35. The van der Waals surface area contributed by atoms with Crippen LogP contribution in [0.3, 0.4) is 0 Å². The van der Waals surface area contributed by atoms with Crippen LogP contribution in [-0.2, 0) is 14.3 Å². The number of nitrogens with one attached hydrogen (secondary N) is 2. The molecule has 186 valence electrons. The zero-order chi connectivity index (χ0) is 24.8. The van der Waals surface area contributed by atoms with Gasteiger partial charge in [-0.05, 0) is 41.5 Å². The standard InChI is InChI=1S/C28H34N2O5/c1-2-9-19(16-25(31)32)30-26(33)28(14-7-8-15-28)18-29-27(34)35-17-24-22-12-5-3-10-20(22)21-11-4-6-13-23(21)24/h3-6,10-13,19,24H,2,7-9,14-18H2,1H3,(H,29,34)(H,30,33)(H,31,32)/t19-/m0/s1. The molecule has 2 aliphatic carbocycles. The lowest BCUT2D eigenvalue weighted by Crippen LogP contribution is -2.50. The number of amides is 2. The van der Waals surface area contributed by atoms with Crippen molar-refractivity contribution >= 4 is 18.0 Å². The molecule has 0 aromatic heterocycles. The van der Waals surface area contributed by atoms with E-state index in [1.807, 2.05) is 31.2 Å². The summed E-state index contributed by atoms with van der Waals surface area (Å²) < 4.78 is 5.64. The van der Waals surface area contributed by atoms with Crippen LogP contribution in [0.2, 0.25) is 0 Å². The van der Waals surface area contributed by atoms with Crippen molar-refractivity contribution in [3.8, 4) is 11.1 Å². The normalized spacial score (nSPS) is 16.7. The van der Waals surface area contributed by atoms with Gasteiger partial charge in [0.15, 0.2) is 0 Å². The number of carbonyl (C=O) groups is 3. The summed E-state index contributed by atoms with van der Waals surface area (Å²) in [4.78, 5) is 37.1. The van der Waals surface area contributed by atoms with Crippen LogP contribution in [0.4, 0.5) is 4.79 Å². The van der Waals surface area contributed by atoms with Gasteiger partial charge in [-0.15, -0.1) is 0 Å². The molecule has 7 heteroatoms. The van der Waals surface area contributed by atoms with Gasteiger partial charge in [0.25, 0.3) is 0 Å². The third-order valence-electron chi connectivity index (χ3n) is 7.35. The Labute approximate surface area is 206 Å². The Morgan fingerprint density at radius 3 is 2.20 bits per heavy atom. The van der Waals surface area contributed by atoms with Crippen molar-refractivity contribution in [1.82, 2.24) is 10.6 Å². The third kappa shape index (κ3) is 5.50. The van der Waals surface area contributed by atoms with Gasteiger partial charge < -0.3 is 20.5 Å². The van der Waals surface area contributed by atoms with E-state index in [1.165, 1.54) is 11.1 Å². The maximum atomic E-state index is 13.2. The van der Waals surface area contributed by atoms with Crippen molar-refractivity contribution in [3.63, 3.8) is 0 Å². The minimum atomic E-state index is -0.930. The predicted octanol–water partition coefficient (Wildman–Crippen LogP) is 4.85. The number of alkyl carbamates (subject to hydrolysis) is 1. The van der Waals surface area contributed by atoms with Gasteiger partial charge in [-0.2, -0.15) is 0 Å². The van der Waals surface area contributed by atoms with E-state index in [2.05, 4.69) is 34.9 Å². The molecule has 0 bridgehead atoms. The summed E-state index contributed by atoms with van der Waals surface area (Å²) in [5.74, 6) is -1.13. The lowest BCUT2D eigenvalue weighted by atomic mass is 9.84. The Hall–Kier alpha value is -3.35. The molecule has 2 amide bonds. The fourth-order valence-corrected chi connectivity index (χ4v) is 5.55. The summed E-state index contributed by atoms with van der Waals surface area (Å²) in [5, 5.41) is 14.9. The van der Waals surface area contributed by atoms with Gasteiger partial charge >= 0.3 is 12.1 Å². The van der Waals surface area contributed by atoms with Gasteiger partial charge in [-0.25, -0.2) is 4.79 Å². The van der Waals surface area contributed by atoms with Crippen LogP contribution in [-0.4, -0.2) is 42.3 Å². The highest BCUT2D eigenvalue weighted by atomic mass is 16.5. The van der Waals surface area contributed by atoms with E-state index < -0.39 is 23.5 Å². The highest BCUT2D eigenvalue weighted by molar-refractivity contribution is 5.85. The number of carboxylic acids is 1. The summed E-state index contributed by atoms with van der Waals surface area (Å²) in [6.07, 6.45) is 3.87. The van der Waals surface area contributed by atoms with Gasteiger partial charge in [0, 0.05) is 18.5 Å². The van der Waals surface area contributed by atoms with E-state index in [9.17, 15) is 19.5 Å². The highest BCUT2D eigenvalue weighted by Crippen LogP contribution is 2.44. The predicted molar refractivity (Wildman–Crippen MR) is 133 cm³/mol. The second-order valence-electron chi connectivity index (χ2n) is 9.72. The average molecular weight is 479 g/mol. The first-order valence-electron chi connectivity index (χ1n) is 12.5. The molecule has 3 N–H and O–H groups in total. The lowest BCUT2D eigenvalue weighted by Gasteiger charge is -2.30. The van der Waals surface area contributed by atoms with Crippen molar-refractivity contribution in [2.75, 3.05) is 13.2 Å². The van der Waals surface area contributed by atoms with Crippen molar-refractivity contribution < 1.29 is 24.2 Å². The minimum absolute atomic E-state index is 0.0253. The fourth-order valence-electron chi connectivity index (χ4n) is 5.55. The van der Waals surface area contributed by atoms with E-state index in [4.69, 9.17) is 4.74 Å². The Morgan fingerprint density at radius 1 is 1.03 bits per heavy atom. The largest absolute Gasteiger partial charge is 0.481 e. The van der Waals surface area contributed by atoms with Crippen LogP contribution in [0.25, 0.3) is 11.1 Å². The van der Waals surface area contributed by atoms with Crippen LogP contribution < -0.4 is 10.6 Å². The van der Waals surface area contributed by atoms with E-state index in [-0.39, 0.29) is 31.4 Å². The number of benzene rings is 2. The van der Waals surface area contributed by atoms with Crippen molar-refractivity contribution in [3.05, 3.63) is 59.7 Å². The van der Waals surface area contributed by atoms with Gasteiger partial charge in [0.2, 0.25) is 5.91 Å². The van der Waals surface area contributed by atoms with Crippen molar-refractivity contribution in [2.45, 2.75) is 63.8 Å². The van der Waals surface area contributed by atoms with Gasteiger partial charge in [-0.1, -0.05) is 74.7 Å². The number of hydrogen-bond acceptors (Lipinski definition) is 4. The molecule has 2 aromatic rings. The Morgan fingerprint density at radius 2 is 1.63 bits per heavy atom. The highest BCUT2D eigenvalue weighted by Gasteiger charge is 2.42. The molecule has 1 atom stereocenters. The molecule has 0 unspecified atom stereocenters. The molecule has 2 aliphatic rings. The molecule has 4 rings (SSSR count). The number of carboxylic acid groups (broad SMARTS) is 1. The van der Waals surface area contributed by atoms with E-state index in [1.54, 1.807) is 0 Å². The molecule has 0 saturated heterocycles. The second kappa shape index (κ2) is 10.9. The summed E-state index contributed by atoms with van der Waals surface area (Å²) >= 11 is 0.